The molecule has 1 saturated heterocycles. The highest BCUT2D eigenvalue weighted by molar-refractivity contribution is 7.17. The van der Waals surface area contributed by atoms with Crippen LogP contribution in [0.1, 0.15) is 0 Å². The van der Waals surface area contributed by atoms with Gasteiger partial charge >= 0.3 is 0 Å². The lowest BCUT2D eigenvalue weighted by molar-refractivity contribution is -0.117. The number of thiophene rings is 1. The van der Waals surface area contributed by atoms with Gasteiger partial charge in [-0.25, -0.2) is 9.97 Å². The zero-order valence-electron chi connectivity index (χ0n) is 17.4. The number of para-hydroxylation sites is 1. The molecule has 1 aliphatic heterocycles. The van der Waals surface area contributed by atoms with Crippen LogP contribution in [0.2, 0.25) is 5.02 Å². The van der Waals surface area contributed by atoms with Gasteiger partial charge in [-0.3, -0.25) is 9.69 Å². The van der Waals surface area contributed by atoms with Gasteiger partial charge in [0.05, 0.1) is 22.6 Å². The van der Waals surface area contributed by atoms with Gasteiger partial charge in [-0.1, -0.05) is 54.1 Å². The lowest BCUT2D eigenvalue weighted by Crippen LogP contribution is -2.49. The first-order valence-electron chi connectivity index (χ1n) is 10.5. The Morgan fingerprint density at radius 1 is 1.00 bits per heavy atom. The molecule has 0 unspecified atom stereocenters. The maximum absolute atomic E-state index is 12.5. The zero-order chi connectivity index (χ0) is 21.9. The summed E-state index contributed by atoms with van der Waals surface area (Å²) < 4.78 is 0. The lowest BCUT2D eigenvalue weighted by Gasteiger charge is -2.35. The lowest BCUT2D eigenvalue weighted by atomic mass is 10.1. The van der Waals surface area contributed by atoms with Crippen molar-refractivity contribution in [2.24, 2.45) is 0 Å². The first kappa shape index (κ1) is 20.9. The third-order valence-electron chi connectivity index (χ3n) is 5.62. The summed E-state index contributed by atoms with van der Waals surface area (Å²) in [5.74, 6) is 0.912. The predicted octanol–water partition coefficient (Wildman–Crippen LogP) is 4.77. The smallest absolute Gasteiger partial charge is 0.238 e. The predicted molar refractivity (Wildman–Crippen MR) is 132 cm³/mol. The summed E-state index contributed by atoms with van der Waals surface area (Å²) in [7, 11) is 0. The fraction of sp³-hybridized carbons (Fsp3) is 0.208. The number of rotatable bonds is 5. The van der Waals surface area contributed by atoms with Crippen molar-refractivity contribution < 1.29 is 4.79 Å². The molecule has 8 heteroatoms. The van der Waals surface area contributed by atoms with Gasteiger partial charge in [0.1, 0.15) is 17.0 Å². The molecule has 5 rings (SSSR count). The molecule has 32 heavy (non-hydrogen) atoms. The molecule has 3 heterocycles. The summed E-state index contributed by atoms with van der Waals surface area (Å²) in [6.45, 7) is 3.51. The molecule has 2 aromatic carbocycles. The highest BCUT2D eigenvalue weighted by atomic mass is 35.5. The van der Waals surface area contributed by atoms with E-state index in [1.807, 2.05) is 24.3 Å². The monoisotopic (exact) mass is 463 g/mol. The molecule has 1 N–H and O–H groups in total. The third kappa shape index (κ3) is 4.32. The minimum Gasteiger partial charge on any atom is -0.353 e. The highest BCUT2D eigenvalue weighted by Gasteiger charge is 2.23. The fourth-order valence-electron chi connectivity index (χ4n) is 4.00. The van der Waals surface area contributed by atoms with E-state index in [-0.39, 0.29) is 5.91 Å². The number of carbonyl (C=O) groups excluding carboxylic acids is 1. The molecule has 0 aliphatic carbocycles. The van der Waals surface area contributed by atoms with Gasteiger partial charge in [0, 0.05) is 37.1 Å². The molecule has 1 aliphatic rings. The summed E-state index contributed by atoms with van der Waals surface area (Å²) in [5.41, 5.74) is 2.99. The number of aromatic nitrogens is 2. The number of amides is 1. The van der Waals surface area contributed by atoms with Crippen LogP contribution in [-0.4, -0.2) is 53.5 Å². The Kier molecular flexibility index (Phi) is 6.03. The number of hydrogen-bond donors (Lipinski definition) is 1. The van der Waals surface area contributed by atoms with Crippen LogP contribution in [0.3, 0.4) is 0 Å². The number of hydrogen-bond acceptors (Lipinski definition) is 6. The Labute approximate surface area is 195 Å². The quantitative estimate of drug-likeness (QED) is 0.462. The normalized spacial score (nSPS) is 14.6. The number of piperazine rings is 1. The van der Waals surface area contributed by atoms with Crippen LogP contribution >= 0.6 is 22.9 Å². The minimum absolute atomic E-state index is 0.0554. The van der Waals surface area contributed by atoms with Crippen LogP contribution in [0, 0.1) is 0 Å². The van der Waals surface area contributed by atoms with Gasteiger partial charge < -0.3 is 10.2 Å². The second-order valence-electron chi connectivity index (χ2n) is 7.68. The molecule has 1 fully saturated rings. The van der Waals surface area contributed by atoms with Gasteiger partial charge in [0.15, 0.2) is 0 Å². The average molecular weight is 464 g/mol. The molecular formula is C24H22ClN5OS. The molecule has 4 aromatic rings. The fourth-order valence-corrected chi connectivity index (χ4v) is 5.10. The van der Waals surface area contributed by atoms with E-state index in [0.29, 0.717) is 17.3 Å². The zero-order valence-corrected chi connectivity index (χ0v) is 18.9. The minimum atomic E-state index is -0.0554. The molecule has 0 radical (unpaired) electrons. The topological polar surface area (TPSA) is 61.4 Å². The number of benzene rings is 2. The molecule has 0 saturated carbocycles. The molecule has 162 valence electrons. The van der Waals surface area contributed by atoms with Gasteiger partial charge in [-0.15, -0.1) is 11.3 Å². The second-order valence-corrected chi connectivity index (χ2v) is 8.95. The maximum atomic E-state index is 12.5. The maximum Gasteiger partial charge on any atom is 0.238 e. The van der Waals surface area contributed by atoms with E-state index in [4.69, 9.17) is 11.6 Å². The third-order valence-corrected chi connectivity index (χ3v) is 6.84. The molecule has 1 amide bonds. The summed E-state index contributed by atoms with van der Waals surface area (Å²) in [5, 5.41) is 6.71. The van der Waals surface area contributed by atoms with Crippen molar-refractivity contribution in [3.8, 4) is 11.1 Å². The van der Waals surface area contributed by atoms with Gasteiger partial charge in [-0.05, 0) is 17.7 Å². The Balaban J connectivity index is 1.28. The van der Waals surface area contributed by atoms with Crippen molar-refractivity contribution >= 4 is 50.6 Å². The van der Waals surface area contributed by atoms with Crippen LogP contribution in [0.5, 0.6) is 0 Å². The van der Waals surface area contributed by atoms with Crippen LogP contribution in [-0.2, 0) is 4.79 Å². The SMILES string of the molecule is O=C(CN1CCN(c2ncnc3scc(-c4ccccc4)c23)CC1)Nc1ccccc1Cl. The number of fused-ring (bicyclic) bond motifs is 1. The van der Waals surface area contributed by atoms with Crippen LogP contribution in [0.4, 0.5) is 11.5 Å². The second kappa shape index (κ2) is 9.24. The van der Waals surface area contributed by atoms with E-state index in [9.17, 15) is 4.79 Å². The van der Waals surface area contributed by atoms with E-state index in [2.05, 4.69) is 54.7 Å². The number of nitrogens with zero attached hydrogens (tertiary/aromatic N) is 4. The van der Waals surface area contributed by atoms with E-state index in [1.54, 1.807) is 23.7 Å². The largest absolute Gasteiger partial charge is 0.353 e. The van der Waals surface area contributed by atoms with Gasteiger partial charge in [0.25, 0.3) is 0 Å². The van der Waals surface area contributed by atoms with Crippen molar-refractivity contribution in [3.63, 3.8) is 0 Å². The van der Waals surface area contributed by atoms with Crippen LogP contribution < -0.4 is 10.2 Å². The first-order chi connectivity index (χ1) is 15.7. The number of carbonyl (C=O) groups is 1. The summed E-state index contributed by atoms with van der Waals surface area (Å²) in [6, 6.07) is 17.6. The standard InChI is InChI=1S/C24H22ClN5OS/c25-19-8-4-5-9-20(19)28-21(31)14-29-10-12-30(13-11-29)23-22-18(17-6-2-1-3-7-17)15-32-24(22)27-16-26-23/h1-9,15-16H,10-14H2,(H,28,31). The van der Waals surface area contributed by atoms with Crippen molar-refractivity contribution in [1.82, 2.24) is 14.9 Å². The highest BCUT2D eigenvalue weighted by Crippen LogP contribution is 2.37. The number of anilines is 2. The average Bonchev–Trinajstić information content (AvgIpc) is 3.26. The Hall–Kier alpha value is -3.00. The van der Waals surface area contributed by atoms with E-state index >= 15 is 0 Å². The van der Waals surface area contributed by atoms with Gasteiger partial charge in [-0.2, -0.15) is 0 Å². The van der Waals surface area contributed by atoms with Gasteiger partial charge in [0.2, 0.25) is 5.91 Å². The van der Waals surface area contributed by atoms with E-state index < -0.39 is 0 Å². The first-order valence-corrected chi connectivity index (χ1v) is 11.7. The summed E-state index contributed by atoms with van der Waals surface area (Å²) in [4.78, 5) is 27.1. The van der Waals surface area contributed by atoms with Crippen LogP contribution in [0.25, 0.3) is 21.3 Å². The number of nitrogens with one attached hydrogen (secondary N) is 1. The molecule has 0 spiro atoms. The number of halogens is 1. The van der Waals surface area contributed by atoms with Crippen LogP contribution in [0.15, 0.2) is 66.3 Å². The molecular weight excluding hydrogens is 442 g/mol. The Bertz CT molecular complexity index is 1240. The van der Waals surface area contributed by atoms with Crippen molar-refractivity contribution in [2.75, 3.05) is 42.9 Å². The van der Waals surface area contributed by atoms with E-state index in [1.165, 1.54) is 11.1 Å². The van der Waals surface area contributed by atoms with Crippen molar-refractivity contribution in [1.29, 1.82) is 0 Å². The summed E-state index contributed by atoms with van der Waals surface area (Å²) >= 11 is 7.79. The Morgan fingerprint density at radius 3 is 2.53 bits per heavy atom. The molecule has 0 bridgehead atoms. The van der Waals surface area contributed by atoms with E-state index in [0.717, 1.165) is 42.2 Å². The molecule has 0 atom stereocenters. The molecule has 2 aromatic heterocycles. The molecule has 6 nitrogen and oxygen atoms in total. The Morgan fingerprint density at radius 2 is 1.75 bits per heavy atom. The van der Waals surface area contributed by atoms with Crippen molar-refractivity contribution in [2.45, 2.75) is 0 Å². The van der Waals surface area contributed by atoms with Crippen molar-refractivity contribution in [3.05, 3.63) is 71.3 Å². The summed E-state index contributed by atoms with van der Waals surface area (Å²) in [6.07, 6.45) is 1.65.